The van der Waals surface area contributed by atoms with Crippen LogP contribution in [0, 0.1) is 5.21 Å². The van der Waals surface area contributed by atoms with E-state index in [4.69, 9.17) is 0 Å². The Bertz CT molecular complexity index is 249. The average Bonchev–Trinajstić information content (AvgIpc) is 2.79. The predicted molar refractivity (Wildman–Crippen MR) is 78.0 cm³/mol. The first-order valence-corrected chi connectivity index (χ1v) is 7.57. The van der Waals surface area contributed by atoms with E-state index < -0.39 is 0 Å². The van der Waals surface area contributed by atoms with Crippen LogP contribution < -0.4 is 0 Å². The van der Waals surface area contributed by atoms with Crippen molar-refractivity contribution in [2.75, 3.05) is 6.54 Å². The number of aliphatic imine (C=N–C) groups is 1. The molecule has 0 aromatic carbocycles. The van der Waals surface area contributed by atoms with E-state index >= 15 is 0 Å². The molecule has 104 valence electrons. The normalized spacial score (nSPS) is 21.9. The number of quaternary nitrogens is 1. The highest BCUT2D eigenvalue weighted by atomic mass is 16.5. The third-order valence-electron chi connectivity index (χ3n) is 3.53. The van der Waals surface area contributed by atoms with Crippen LogP contribution in [-0.4, -0.2) is 17.5 Å². The van der Waals surface area contributed by atoms with Gasteiger partial charge >= 0.3 is 0 Å². The lowest BCUT2D eigenvalue weighted by molar-refractivity contribution is -0.723. The summed E-state index contributed by atoms with van der Waals surface area (Å²) in [5.41, 5.74) is 0. The maximum absolute atomic E-state index is 11.8. The highest BCUT2D eigenvalue weighted by Crippen LogP contribution is 2.14. The summed E-state index contributed by atoms with van der Waals surface area (Å²) < 4.78 is -0.350. The van der Waals surface area contributed by atoms with Crippen molar-refractivity contribution >= 4 is 6.34 Å². The van der Waals surface area contributed by atoms with Gasteiger partial charge in [-0.2, -0.15) is 0 Å². The quantitative estimate of drug-likeness (QED) is 0.297. The summed E-state index contributed by atoms with van der Waals surface area (Å²) in [7, 11) is 0. The Morgan fingerprint density at radius 1 is 0.889 bits per heavy atom. The number of unbranched alkanes of at least 4 members (excludes halogenated alkanes) is 9. The van der Waals surface area contributed by atoms with E-state index in [1.165, 1.54) is 64.1 Å². The summed E-state index contributed by atoms with van der Waals surface area (Å²) in [6.07, 6.45) is 17.8. The lowest BCUT2D eigenvalue weighted by Crippen LogP contribution is -2.33. The molecule has 1 atom stereocenters. The van der Waals surface area contributed by atoms with Gasteiger partial charge in [-0.05, 0) is 12.8 Å². The molecule has 0 aliphatic carbocycles. The fourth-order valence-electron chi connectivity index (χ4n) is 2.32. The summed E-state index contributed by atoms with van der Waals surface area (Å²) in [6.45, 7) is 2.90. The Labute approximate surface area is 112 Å². The first kappa shape index (κ1) is 15.4. The molecule has 0 aromatic rings. The second-order valence-corrected chi connectivity index (χ2v) is 5.32. The molecule has 0 fully saturated rings. The molecule has 18 heavy (non-hydrogen) atoms. The Morgan fingerprint density at radius 3 is 1.94 bits per heavy atom. The van der Waals surface area contributed by atoms with Crippen molar-refractivity contribution in [3.05, 3.63) is 17.6 Å². The molecule has 0 N–H and O–H groups in total. The van der Waals surface area contributed by atoms with E-state index in [0.717, 1.165) is 6.42 Å². The minimum Gasteiger partial charge on any atom is -0.622 e. The zero-order valence-electron chi connectivity index (χ0n) is 11.8. The first-order chi connectivity index (χ1) is 8.77. The second kappa shape index (κ2) is 9.29. The standard InChI is InChI=1S/C15H28N2O/c1-2-3-4-5-6-7-8-9-10-11-13-17(18)14-12-16-15-17/h12,14-15H,2-11,13H2,1H3. The van der Waals surface area contributed by atoms with Crippen LogP contribution in [0.4, 0.5) is 0 Å². The molecule has 1 aliphatic rings. The molecular weight excluding hydrogens is 224 g/mol. The number of nitrogens with zero attached hydrogens (tertiary/aromatic N) is 2. The third kappa shape index (κ3) is 6.92. The minimum atomic E-state index is -0.350. The van der Waals surface area contributed by atoms with Gasteiger partial charge in [-0.1, -0.05) is 58.3 Å². The van der Waals surface area contributed by atoms with Crippen molar-refractivity contribution in [2.45, 2.75) is 71.1 Å². The topological polar surface area (TPSA) is 35.4 Å². The highest BCUT2D eigenvalue weighted by molar-refractivity contribution is 5.51. The minimum absolute atomic E-state index is 0.350. The molecule has 1 unspecified atom stereocenters. The van der Waals surface area contributed by atoms with E-state index in [-0.39, 0.29) is 4.65 Å². The number of hydroxylamine groups is 3. The van der Waals surface area contributed by atoms with Crippen molar-refractivity contribution in [3.63, 3.8) is 0 Å². The third-order valence-corrected chi connectivity index (χ3v) is 3.53. The van der Waals surface area contributed by atoms with Crippen LogP contribution in [0.2, 0.25) is 0 Å². The number of rotatable bonds is 11. The molecule has 3 heteroatoms. The maximum Gasteiger partial charge on any atom is 0.194 e. The second-order valence-electron chi connectivity index (χ2n) is 5.32. The molecule has 0 saturated carbocycles. The first-order valence-electron chi connectivity index (χ1n) is 7.57. The smallest absolute Gasteiger partial charge is 0.194 e. The van der Waals surface area contributed by atoms with Crippen LogP contribution in [0.15, 0.2) is 17.4 Å². The predicted octanol–water partition coefficient (Wildman–Crippen LogP) is 4.74. The van der Waals surface area contributed by atoms with Gasteiger partial charge in [0.1, 0.15) is 6.20 Å². The van der Waals surface area contributed by atoms with E-state index in [1.54, 1.807) is 12.4 Å². The van der Waals surface area contributed by atoms with Gasteiger partial charge in [0, 0.05) is 0 Å². The van der Waals surface area contributed by atoms with Gasteiger partial charge in [0.25, 0.3) is 0 Å². The molecule has 0 amide bonds. The number of hydrogen-bond donors (Lipinski definition) is 0. The lowest BCUT2D eigenvalue weighted by Gasteiger charge is -2.30. The van der Waals surface area contributed by atoms with Crippen LogP contribution in [0.5, 0.6) is 0 Å². The van der Waals surface area contributed by atoms with E-state index in [2.05, 4.69) is 11.9 Å². The maximum atomic E-state index is 11.8. The van der Waals surface area contributed by atoms with E-state index in [9.17, 15) is 5.21 Å². The Balaban J connectivity index is 1.82. The van der Waals surface area contributed by atoms with E-state index in [0.29, 0.717) is 6.54 Å². The molecular formula is C15H28N2O. The summed E-state index contributed by atoms with van der Waals surface area (Å²) in [5.74, 6) is 0. The fourth-order valence-corrected chi connectivity index (χ4v) is 2.32. The summed E-state index contributed by atoms with van der Waals surface area (Å²) >= 11 is 0. The van der Waals surface area contributed by atoms with Crippen LogP contribution >= 0.6 is 0 Å². The Kier molecular flexibility index (Phi) is 7.94. The molecule has 1 rings (SSSR count). The van der Waals surface area contributed by atoms with Crippen molar-refractivity contribution in [1.29, 1.82) is 0 Å². The van der Waals surface area contributed by atoms with Gasteiger partial charge in [-0.3, -0.25) is 4.65 Å². The monoisotopic (exact) mass is 252 g/mol. The van der Waals surface area contributed by atoms with Crippen LogP contribution in [0.1, 0.15) is 71.1 Å². The number of hydrogen-bond acceptors (Lipinski definition) is 2. The van der Waals surface area contributed by atoms with Crippen LogP contribution in [0.3, 0.4) is 0 Å². The molecule has 0 aromatic heterocycles. The lowest BCUT2D eigenvalue weighted by atomic mass is 10.1. The molecule has 1 aliphatic heterocycles. The summed E-state index contributed by atoms with van der Waals surface area (Å²) in [6, 6.07) is 0. The van der Waals surface area contributed by atoms with E-state index in [1.807, 2.05) is 0 Å². The molecule has 1 heterocycles. The summed E-state index contributed by atoms with van der Waals surface area (Å²) in [4.78, 5) is 3.85. The van der Waals surface area contributed by atoms with Gasteiger partial charge in [-0.25, -0.2) is 4.99 Å². The molecule has 0 spiro atoms. The zero-order valence-corrected chi connectivity index (χ0v) is 11.8. The highest BCUT2D eigenvalue weighted by Gasteiger charge is 2.13. The summed E-state index contributed by atoms with van der Waals surface area (Å²) in [5, 5.41) is 11.8. The molecule has 0 saturated heterocycles. The van der Waals surface area contributed by atoms with Crippen molar-refractivity contribution in [2.24, 2.45) is 4.99 Å². The van der Waals surface area contributed by atoms with Crippen LogP contribution in [0.25, 0.3) is 0 Å². The Morgan fingerprint density at radius 2 is 1.44 bits per heavy atom. The average molecular weight is 252 g/mol. The van der Waals surface area contributed by atoms with Crippen molar-refractivity contribution < 1.29 is 4.65 Å². The Hall–Kier alpha value is -0.670. The van der Waals surface area contributed by atoms with Gasteiger partial charge in [-0.15, -0.1) is 0 Å². The van der Waals surface area contributed by atoms with Gasteiger partial charge in [0.05, 0.1) is 12.7 Å². The van der Waals surface area contributed by atoms with Crippen molar-refractivity contribution in [1.82, 2.24) is 0 Å². The fraction of sp³-hybridized carbons (Fsp3) is 0.800. The molecule has 0 radical (unpaired) electrons. The van der Waals surface area contributed by atoms with Crippen molar-refractivity contribution in [3.8, 4) is 0 Å². The zero-order chi connectivity index (χ0) is 13.1. The largest absolute Gasteiger partial charge is 0.622 e. The SMILES string of the molecule is CCCCCCCCCCCC[N+]1([O-])C=CN=C1. The van der Waals surface area contributed by atoms with Crippen LogP contribution in [-0.2, 0) is 0 Å². The van der Waals surface area contributed by atoms with Gasteiger partial charge < -0.3 is 5.21 Å². The molecule has 3 nitrogen and oxygen atoms in total. The molecule has 0 bridgehead atoms. The van der Waals surface area contributed by atoms with Gasteiger partial charge in [0.15, 0.2) is 6.34 Å². The van der Waals surface area contributed by atoms with Gasteiger partial charge in [0.2, 0.25) is 0 Å².